The molecule has 1 aliphatic rings. The van der Waals surface area contributed by atoms with Crippen molar-refractivity contribution in [3.63, 3.8) is 0 Å². The number of hydrogen-bond donors (Lipinski definition) is 2. The number of rotatable bonds is 15. The van der Waals surface area contributed by atoms with Gasteiger partial charge >= 0.3 is 0 Å². The minimum Gasteiger partial charge on any atom is -0.370 e. The first-order valence-corrected chi connectivity index (χ1v) is 16.8. The maximum Gasteiger partial charge on any atom is 0.249 e. The highest BCUT2D eigenvalue weighted by atomic mass is 19.2. The number of nitrogens with one attached hydrogen (secondary N) is 2. The van der Waals surface area contributed by atoms with Crippen LogP contribution in [0, 0.1) is 11.6 Å². The molecule has 1 heterocycles. The summed E-state index contributed by atoms with van der Waals surface area (Å²) in [6, 6.07) is 25.0. The van der Waals surface area contributed by atoms with Gasteiger partial charge in [0.05, 0.1) is 6.61 Å². The molecular weight excluding hydrogens is 626 g/mol. The summed E-state index contributed by atoms with van der Waals surface area (Å²) in [5, 5.41) is 8.30. The molecule has 0 aromatic heterocycles. The number of carbonyl (C=O) groups excluding carboxylic acids is 3. The molecule has 0 radical (unpaired) electrons. The van der Waals surface area contributed by atoms with E-state index in [-0.39, 0.29) is 31.4 Å². The molecule has 4 aromatic carbocycles. The van der Waals surface area contributed by atoms with Crippen LogP contribution in [0.2, 0.25) is 0 Å². The van der Waals surface area contributed by atoms with Crippen LogP contribution in [0.5, 0.6) is 0 Å². The molecule has 1 fully saturated rings. The van der Waals surface area contributed by atoms with Crippen LogP contribution in [-0.4, -0.2) is 86.0 Å². The summed E-state index contributed by atoms with van der Waals surface area (Å²) in [7, 11) is 3.08. The third-order valence-electron chi connectivity index (χ3n) is 9.18. The van der Waals surface area contributed by atoms with Crippen LogP contribution in [0.1, 0.15) is 29.5 Å². The van der Waals surface area contributed by atoms with E-state index in [0.717, 1.165) is 53.4 Å². The molecule has 0 aliphatic carbocycles. The number of amides is 3. The van der Waals surface area contributed by atoms with Crippen molar-refractivity contribution < 1.29 is 27.9 Å². The first-order chi connectivity index (χ1) is 23.7. The van der Waals surface area contributed by atoms with Crippen molar-refractivity contribution in [2.45, 2.75) is 50.2 Å². The van der Waals surface area contributed by atoms with Crippen molar-refractivity contribution in [1.82, 2.24) is 20.4 Å². The molecule has 0 unspecified atom stereocenters. The van der Waals surface area contributed by atoms with E-state index in [2.05, 4.69) is 10.6 Å². The normalized spacial score (nSPS) is 15.5. The van der Waals surface area contributed by atoms with E-state index in [4.69, 9.17) is 4.74 Å². The molecule has 1 saturated heterocycles. The lowest BCUT2D eigenvalue weighted by atomic mass is 9.98. The van der Waals surface area contributed by atoms with Gasteiger partial charge in [-0.1, -0.05) is 78.9 Å². The fraction of sp³-hybridized carbons (Fsp3) is 0.359. The third kappa shape index (κ3) is 9.70. The predicted molar refractivity (Wildman–Crippen MR) is 186 cm³/mol. The summed E-state index contributed by atoms with van der Waals surface area (Å²) in [5.41, 5.74) is 2.22. The van der Waals surface area contributed by atoms with Crippen LogP contribution >= 0.6 is 0 Å². The van der Waals surface area contributed by atoms with Gasteiger partial charge in [-0.05, 0) is 65.4 Å². The molecule has 5 rings (SSSR count). The summed E-state index contributed by atoms with van der Waals surface area (Å²) in [6.07, 6.45) is 2.73. The zero-order valence-electron chi connectivity index (χ0n) is 28.0. The first-order valence-electron chi connectivity index (χ1n) is 16.8. The van der Waals surface area contributed by atoms with Gasteiger partial charge in [0.1, 0.15) is 18.7 Å². The Morgan fingerprint density at radius 1 is 0.816 bits per heavy atom. The summed E-state index contributed by atoms with van der Waals surface area (Å²) in [5.74, 6) is -3.31. The molecule has 8 nitrogen and oxygen atoms in total. The molecular formula is C39H44F2N4O4. The Bertz CT molecular complexity index is 1730. The average molecular weight is 671 g/mol. The van der Waals surface area contributed by atoms with E-state index in [1.54, 1.807) is 7.05 Å². The van der Waals surface area contributed by atoms with Gasteiger partial charge < -0.3 is 25.2 Å². The van der Waals surface area contributed by atoms with E-state index < -0.39 is 35.5 Å². The van der Waals surface area contributed by atoms with Crippen LogP contribution in [0.15, 0.2) is 91.0 Å². The van der Waals surface area contributed by atoms with Gasteiger partial charge in [0, 0.05) is 39.5 Å². The Morgan fingerprint density at radius 3 is 2.24 bits per heavy atom. The van der Waals surface area contributed by atoms with E-state index in [0.29, 0.717) is 25.1 Å². The zero-order valence-corrected chi connectivity index (χ0v) is 28.0. The smallest absolute Gasteiger partial charge is 0.249 e. The van der Waals surface area contributed by atoms with E-state index in [1.807, 2.05) is 72.8 Å². The number of hydrogen-bond acceptors (Lipinski definition) is 5. The minimum atomic E-state index is -1.07. The Balaban J connectivity index is 1.38. The molecule has 258 valence electrons. The number of fused-ring (bicyclic) bond motifs is 1. The SMILES string of the molecule is CN(C(=O)COC[C@H]1CCCN1)[C@H](Cc1ccc2ccccc2c1)C(=O)N(C)[C@H](Cc1ccc(F)c(F)c1)C(=O)NCCc1ccccc1. The Hall–Kier alpha value is -4.67. The second kappa shape index (κ2) is 17.1. The van der Waals surface area contributed by atoms with E-state index in [9.17, 15) is 23.2 Å². The Kier molecular flexibility index (Phi) is 12.5. The summed E-state index contributed by atoms with van der Waals surface area (Å²) in [4.78, 5) is 44.4. The van der Waals surface area contributed by atoms with E-state index >= 15 is 0 Å². The van der Waals surface area contributed by atoms with Crippen molar-refractivity contribution in [3.8, 4) is 0 Å². The maximum atomic E-state index is 14.5. The second-order valence-corrected chi connectivity index (χ2v) is 12.7. The van der Waals surface area contributed by atoms with Crippen molar-refractivity contribution >= 4 is 28.5 Å². The van der Waals surface area contributed by atoms with Gasteiger partial charge in [0.25, 0.3) is 0 Å². The molecule has 2 N–H and O–H groups in total. The van der Waals surface area contributed by atoms with Gasteiger partial charge in [-0.3, -0.25) is 14.4 Å². The first kappa shape index (κ1) is 35.6. The quantitative estimate of drug-likeness (QED) is 0.192. The molecule has 3 amide bonds. The number of nitrogens with zero attached hydrogens (tertiary/aromatic N) is 2. The summed E-state index contributed by atoms with van der Waals surface area (Å²) >= 11 is 0. The fourth-order valence-corrected chi connectivity index (χ4v) is 6.22. The van der Waals surface area contributed by atoms with E-state index in [1.165, 1.54) is 22.9 Å². The summed E-state index contributed by atoms with van der Waals surface area (Å²) in [6.45, 7) is 1.42. The van der Waals surface area contributed by atoms with Gasteiger partial charge in [0.15, 0.2) is 11.6 Å². The van der Waals surface area contributed by atoms with Gasteiger partial charge in [0.2, 0.25) is 17.7 Å². The second-order valence-electron chi connectivity index (χ2n) is 12.7. The van der Waals surface area contributed by atoms with Crippen LogP contribution in [0.4, 0.5) is 8.78 Å². The van der Waals surface area contributed by atoms with Gasteiger partial charge in [-0.15, -0.1) is 0 Å². The lowest BCUT2D eigenvalue weighted by molar-refractivity contribution is -0.149. The monoisotopic (exact) mass is 670 g/mol. The number of halogens is 2. The number of ether oxygens (including phenoxy) is 1. The standard InChI is InChI=1S/C39H44F2N4O4/c1-44(37(46)26-49-25-32-13-8-19-42-32)36(24-28-14-16-30-11-6-7-12-31(30)21-28)39(48)45(2)35(23-29-15-17-33(40)34(41)22-29)38(47)43-20-18-27-9-4-3-5-10-27/h3-7,9-12,14-17,21-22,32,35-36,42H,8,13,18-20,23-26H2,1-2H3,(H,43,47)/t32-,35-,36-/m1/s1. The largest absolute Gasteiger partial charge is 0.370 e. The fourth-order valence-electron chi connectivity index (χ4n) is 6.22. The van der Waals surface area contributed by atoms with Crippen LogP contribution in [-0.2, 0) is 38.4 Å². The highest BCUT2D eigenvalue weighted by Crippen LogP contribution is 2.21. The molecule has 10 heteroatoms. The van der Waals surface area contributed by atoms with Crippen molar-refractivity contribution in [2.75, 3.05) is 40.4 Å². The van der Waals surface area contributed by atoms with Crippen molar-refractivity contribution in [3.05, 3.63) is 119 Å². The third-order valence-corrected chi connectivity index (χ3v) is 9.18. The van der Waals surface area contributed by atoms with Crippen LogP contribution in [0.3, 0.4) is 0 Å². The predicted octanol–water partition coefficient (Wildman–Crippen LogP) is 4.68. The van der Waals surface area contributed by atoms with Gasteiger partial charge in [-0.25, -0.2) is 8.78 Å². The Morgan fingerprint density at radius 2 is 1.51 bits per heavy atom. The van der Waals surface area contributed by atoms with Gasteiger partial charge in [-0.2, -0.15) is 0 Å². The molecule has 0 bridgehead atoms. The maximum absolute atomic E-state index is 14.5. The zero-order chi connectivity index (χ0) is 34.8. The molecule has 49 heavy (non-hydrogen) atoms. The number of carbonyl (C=O) groups is 3. The number of likely N-dealkylation sites (N-methyl/N-ethyl adjacent to an activating group) is 2. The number of benzene rings is 4. The van der Waals surface area contributed by atoms with Crippen LogP contribution in [0.25, 0.3) is 10.8 Å². The van der Waals surface area contributed by atoms with Crippen LogP contribution < -0.4 is 10.6 Å². The molecule has 0 spiro atoms. The molecule has 3 atom stereocenters. The molecule has 4 aromatic rings. The topological polar surface area (TPSA) is 91.0 Å². The van der Waals surface area contributed by atoms with Crippen molar-refractivity contribution in [1.29, 1.82) is 0 Å². The minimum absolute atomic E-state index is 0.0610. The van der Waals surface area contributed by atoms with Crippen molar-refractivity contribution in [2.24, 2.45) is 0 Å². The Labute approximate surface area is 286 Å². The average Bonchev–Trinajstić information content (AvgIpc) is 3.64. The molecule has 0 saturated carbocycles. The lowest BCUT2D eigenvalue weighted by Gasteiger charge is -2.34. The highest BCUT2D eigenvalue weighted by molar-refractivity contribution is 5.92. The summed E-state index contributed by atoms with van der Waals surface area (Å²) < 4.78 is 33.8. The highest BCUT2D eigenvalue weighted by Gasteiger charge is 2.35. The molecule has 1 aliphatic heterocycles. The lowest BCUT2D eigenvalue weighted by Crippen LogP contribution is -2.56.